The predicted octanol–water partition coefficient (Wildman–Crippen LogP) is 0.391. The molecule has 1 N–H and O–H groups in total. The highest BCUT2D eigenvalue weighted by Gasteiger charge is 2.33. The van der Waals surface area contributed by atoms with Crippen LogP contribution in [-0.4, -0.2) is 74.4 Å². The second-order valence-corrected chi connectivity index (χ2v) is 6.24. The van der Waals surface area contributed by atoms with Crippen LogP contribution >= 0.6 is 0 Å². The highest BCUT2D eigenvalue weighted by Crippen LogP contribution is 2.23. The normalized spacial score (nSPS) is 40.2. The minimum Gasteiger partial charge on any atom is -0.379 e. The quantitative estimate of drug-likeness (QED) is 0.770. The predicted molar refractivity (Wildman–Crippen MR) is 72.8 cm³/mol. The average molecular weight is 253 g/mol. The maximum Gasteiger partial charge on any atom is 0.0594 e. The van der Waals surface area contributed by atoms with E-state index in [9.17, 15) is 0 Å². The standard InChI is InChI=1S/C14H27N3O/c1-12-8-14(10-15-9-12)17-3-2-13(11-17)16-4-6-18-7-5-16/h12-15H,2-11H2,1H3. The maximum absolute atomic E-state index is 5.45. The number of morpholine rings is 1. The van der Waals surface area contributed by atoms with Gasteiger partial charge in [-0.3, -0.25) is 9.80 Å². The second-order valence-electron chi connectivity index (χ2n) is 6.24. The Bertz CT molecular complexity index is 268. The van der Waals surface area contributed by atoms with E-state index in [2.05, 4.69) is 22.0 Å². The summed E-state index contributed by atoms with van der Waals surface area (Å²) in [5.74, 6) is 0.839. The van der Waals surface area contributed by atoms with Crippen molar-refractivity contribution in [2.24, 2.45) is 5.92 Å². The molecule has 3 heterocycles. The molecule has 3 fully saturated rings. The molecule has 3 saturated heterocycles. The molecule has 4 heteroatoms. The van der Waals surface area contributed by atoms with E-state index in [4.69, 9.17) is 4.74 Å². The number of nitrogens with zero attached hydrogens (tertiary/aromatic N) is 2. The molecule has 3 aliphatic heterocycles. The van der Waals surface area contributed by atoms with Crippen LogP contribution in [0.1, 0.15) is 19.8 Å². The monoisotopic (exact) mass is 253 g/mol. The number of rotatable bonds is 2. The molecule has 104 valence electrons. The molecule has 0 aromatic rings. The van der Waals surface area contributed by atoms with Gasteiger partial charge in [0.1, 0.15) is 0 Å². The van der Waals surface area contributed by atoms with E-state index in [0.29, 0.717) is 0 Å². The van der Waals surface area contributed by atoms with Gasteiger partial charge in [-0.1, -0.05) is 6.92 Å². The first-order valence-electron chi connectivity index (χ1n) is 7.59. The second kappa shape index (κ2) is 5.87. The lowest BCUT2D eigenvalue weighted by Crippen LogP contribution is -2.49. The zero-order chi connectivity index (χ0) is 12.4. The lowest BCUT2D eigenvalue weighted by molar-refractivity contribution is 0.0170. The van der Waals surface area contributed by atoms with Crippen LogP contribution in [0.2, 0.25) is 0 Å². The van der Waals surface area contributed by atoms with Gasteiger partial charge in [-0.15, -0.1) is 0 Å². The van der Waals surface area contributed by atoms with Crippen molar-refractivity contribution in [3.63, 3.8) is 0 Å². The summed E-state index contributed by atoms with van der Waals surface area (Å²) in [6.45, 7) is 11.5. The third-order valence-electron chi connectivity index (χ3n) is 4.82. The summed E-state index contributed by atoms with van der Waals surface area (Å²) < 4.78 is 5.45. The van der Waals surface area contributed by atoms with Gasteiger partial charge in [0.25, 0.3) is 0 Å². The number of likely N-dealkylation sites (tertiary alicyclic amines) is 1. The van der Waals surface area contributed by atoms with Crippen LogP contribution in [0.5, 0.6) is 0 Å². The van der Waals surface area contributed by atoms with Crippen LogP contribution in [0.25, 0.3) is 0 Å². The van der Waals surface area contributed by atoms with Crippen molar-refractivity contribution < 1.29 is 4.74 Å². The third-order valence-corrected chi connectivity index (χ3v) is 4.82. The summed E-state index contributed by atoms with van der Waals surface area (Å²) in [4.78, 5) is 5.37. The topological polar surface area (TPSA) is 27.7 Å². The Morgan fingerprint density at radius 3 is 2.61 bits per heavy atom. The molecule has 3 unspecified atom stereocenters. The van der Waals surface area contributed by atoms with Crippen LogP contribution in [0.3, 0.4) is 0 Å². The van der Waals surface area contributed by atoms with E-state index in [-0.39, 0.29) is 0 Å². The number of piperidine rings is 1. The summed E-state index contributed by atoms with van der Waals surface area (Å²) in [6.07, 6.45) is 2.73. The van der Waals surface area contributed by atoms with E-state index in [1.54, 1.807) is 0 Å². The SMILES string of the molecule is CC1CNCC(N2CCC(N3CCOCC3)C2)C1. The van der Waals surface area contributed by atoms with E-state index in [1.807, 2.05) is 0 Å². The summed E-state index contributed by atoms with van der Waals surface area (Å²) in [7, 11) is 0. The molecule has 0 bridgehead atoms. The molecule has 0 aromatic heterocycles. The summed E-state index contributed by atoms with van der Waals surface area (Å²) >= 11 is 0. The maximum atomic E-state index is 5.45. The van der Waals surface area contributed by atoms with Gasteiger partial charge in [0.15, 0.2) is 0 Å². The summed E-state index contributed by atoms with van der Waals surface area (Å²) in [5, 5.41) is 3.58. The molecule has 18 heavy (non-hydrogen) atoms. The van der Waals surface area contributed by atoms with Crippen molar-refractivity contribution in [3.05, 3.63) is 0 Å². The molecule has 0 aromatic carbocycles. The Labute approximate surface area is 111 Å². The van der Waals surface area contributed by atoms with Gasteiger partial charge in [-0.2, -0.15) is 0 Å². The van der Waals surface area contributed by atoms with Gasteiger partial charge in [0.05, 0.1) is 13.2 Å². The Morgan fingerprint density at radius 1 is 1.00 bits per heavy atom. The lowest BCUT2D eigenvalue weighted by atomic mass is 9.97. The van der Waals surface area contributed by atoms with Gasteiger partial charge in [0, 0.05) is 44.8 Å². The van der Waals surface area contributed by atoms with E-state index < -0.39 is 0 Å². The minimum atomic E-state index is 0.778. The molecule has 3 rings (SSSR count). The van der Waals surface area contributed by atoms with Crippen LogP contribution in [0.15, 0.2) is 0 Å². The first-order chi connectivity index (χ1) is 8.83. The van der Waals surface area contributed by atoms with Crippen molar-refractivity contribution in [3.8, 4) is 0 Å². The first-order valence-corrected chi connectivity index (χ1v) is 7.59. The Morgan fingerprint density at radius 2 is 1.83 bits per heavy atom. The molecule has 3 atom stereocenters. The Balaban J connectivity index is 1.51. The lowest BCUT2D eigenvalue weighted by Gasteiger charge is -2.36. The minimum absolute atomic E-state index is 0.778. The number of nitrogens with one attached hydrogen (secondary N) is 1. The summed E-state index contributed by atoms with van der Waals surface area (Å²) in [5.41, 5.74) is 0. The molecule has 0 aliphatic carbocycles. The zero-order valence-corrected chi connectivity index (χ0v) is 11.6. The van der Waals surface area contributed by atoms with Crippen molar-refractivity contribution >= 4 is 0 Å². The van der Waals surface area contributed by atoms with Crippen LogP contribution in [0.4, 0.5) is 0 Å². The van der Waals surface area contributed by atoms with E-state index in [0.717, 1.165) is 44.3 Å². The molecule has 3 aliphatic rings. The smallest absolute Gasteiger partial charge is 0.0594 e. The van der Waals surface area contributed by atoms with Gasteiger partial charge in [-0.05, 0) is 25.3 Å². The van der Waals surface area contributed by atoms with E-state index in [1.165, 1.54) is 39.0 Å². The highest BCUT2D eigenvalue weighted by atomic mass is 16.5. The number of hydrogen-bond donors (Lipinski definition) is 1. The molecular weight excluding hydrogens is 226 g/mol. The Kier molecular flexibility index (Phi) is 4.19. The van der Waals surface area contributed by atoms with Crippen molar-refractivity contribution in [1.29, 1.82) is 0 Å². The largest absolute Gasteiger partial charge is 0.379 e. The zero-order valence-electron chi connectivity index (χ0n) is 11.6. The molecule has 0 saturated carbocycles. The molecule has 0 amide bonds. The fraction of sp³-hybridized carbons (Fsp3) is 1.00. The number of ether oxygens (including phenoxy) is 1. The van der Waals surface area contributed by atoms with Gasteiger partial charge in [0.2, 0.25) is 0 Å². The molecule has 4 nitrogen and oxygen atoms in total. The highest BCUT2D eigenvalue weighted by molar-refractivity contribution is 4.90. The fourth-order valence-corrected chi connectivity index (χ4v) is 3.75. The molecular formula is C14H27N3O. The van der Waals surface area contributed by atoms with Gasteiger partial charge < -0.3 is 10.1 Å². The van der Waals surface area contributed by atoms with Crippen LogP contribution < -0.4 is 5.32 Å². The average Bonchev–Trinajstić information content (AvgIpc) is 2.89. The van der Waals surface area contributed by atoms with Crippen molar-refractivity contribution in [2.75, 3.05) is 52.5 Å². The molecule has 0 radical (unpaired) electrons. The number of hydrogen-bond acceptors (Lipinski definition) is 4. The van der Waals surface area contributed by atoms with Crippen LogP contribution in [-0.2, 0) is 4.74 Å². The first kappa shape index (κ1) is 12.9. The van der Waals surface area contributed by atoms with Gasteiger partial charge in [-0.25, -0.2) is 0 Å². The van der Waals surface area contributed by atoms with Crippen molar-refractivity contribution in [2.45, 2.75) is 31.8 Å². The summed E-state index contributed by atoms with van der Waals surface area (Å²) in [6, 6.07) is 1.56. The van der Waals surface area contributed by atoms with Crippen LogP contribution in [0, 0.1) is 5.92 Å². The third kappa shape index (κ3) is 2.87. The van der Waals surface area contributed by atoms with E-state index >= 15 is 0 Å². The van der Waals surface area contributed by atoms with Gasteiger partial charge >= 0.3 is 0 Å². The Hall–Kier alpha value is -0.160. The van der Waals surface area contributed by atoms with Crippen molar-refractivity contribution in [1.82, 2.24) is 15.1 Å². The molecule has 0 spiro atoms. The fourth-order valence-electron chi connectivity index (χ4n) is 3.75.